The van der Waals surface area contributed by atoms with Crippen LogP contribution < -0.4 is 5.06 Å². The molecule has 1 aliphatic heterocycles. The van der Waals surface area contributed by atoms with Gasteiger partial charge < -0.3 is 5.11 Å². The number of rotatable bonds is 2. The molecule has 1 heterocycles. The summed E-state index contributed by atoms with van der Waals surface area (Å²) in [7, 11) is 0. The Labute approximate surface area is 81.7 Å². The third kappa shape index (κ3) is 1.62. The quantitative estimate of drug-likeness (QED) is 0.757. The number of hydroxylamine groups is 1. The predicted molar refractivity (Wildman–Crippen MR) is 50.4 cm³/mol. The van der Waals surface area contributed by atoms with Crippen LogP contribution in [-0.2, 0) is 16.2 Å². The second-order valence-corrected chi connectivity index (χ2v) is 3.10. The molecule has 0 bridgehead atoms. The number of benzene rings is 1. The highest BCUT2D eigenvalue weighted by molar-refractivity contribution is 5.92. The SMILES string of the molecule is O=C1CCON1c1ccc(CO)cc1. The number of aliphatic hydroxyl groups excluding tert-OH is 1. The monoisotopic (exact) mass is 193 g/mol. The number of nitrogens with zero attached hydrogens (tertiary/aromatic N) is 1. The topological polar surface area (TPSA) is 49.8 Å². The fraction of sp³-hybridized carbons (Fsp3) is 0.300. The van der Waals surface area contributed by atoms with E-state index in [1.54, 1.807) is 24.3 Å². The zero-order valence-corrected chi connectivity index (χ0v) is 7.64. The molecule has 14 heavy (non-hydrogen) atoms. The maximum atomic E-state index is 11.3. The lowest BCUT2D eigenvalue weighted by Gasteiger charge is -2.13. The molecule has 1 saturated heterocycles. The van der Waals surface area contributed by atoms with E-state index in [2.05, 4.69) is 0 Å². The van der Waals surface area contributed by atoms with Gasteiger partial charge in [-0.2, -0.15) is 5.06 Å². The molecule has 0 saturated carbocycles. The summed E-state index contributed by atoms with van der Waals surface area (Å²) in [6.45, 7) is 0.454. The van der Waals surface area contributed by atoms with Gasteiger partial charge in [0.1, 0.15) is 0 Å². The van der Waals surface area contributed by atoms with Crippen LogP contribution in [0.15, 0.2) is 24.3 Å². The molecule has 4 heteroatoms. The largest absolute Gasteiger partial charge is 0.392 e. The molecule has 0 atom stereocenters. The molecule has 2 rings (SSSR count). The third-order valence-electron chi connectivity index (χ3n) is 2.12. The first kappa shape index (κ1) is 9.18. The molecule has 0 unspecified atom stereocenters. The molecule has 1 aromatic carbocycles. The van der Waals surface area contributed by atoms with Crippen molar-refractivity contribution in [1.82, 2.24) is 0 Å². The normalized spacial score (nSPS) is 16.4. The molecule has 1 aromatic rings. The minimum Gasteiger partial charge on any atom is -0.392 e. The fourth-order valence-corrected chi connectivity index (χ4v) is 1.35. The van der Waals surface area contributed by atoms with Crippen LogP contribution in [-0.4, -0.2) is 17.6 Å². The third-order valence-corrected chi connectivity index (χ3v) is 2.12. The van der Waals surface area contributed by atoms with Gasteiger partial charge in [0.15, 0.2) is 0 Å². The Kier molecular flexibility index (Phi) is 2.47. The summed E-state index contributed by atoms with van der Waals surface area (Å²) < 4.78 is 0. The Morgan fingerprint density at radius 1 is 1.36 bits per heavy atom. The standard InChI is InChI=1S/C10H11NO3/c12-7-8-1-3-9(4-2-8)11-10(13)5-6-14-11/h1-4,12H,5-7H2. The van der Waals surface area contributed by atoms with Crippen molar-refractivity contribution < 1.29 is 14.7 Å². The van der Waals surface area contributed by atoms with Gasteiger partial charge in [0.05, 0.1) is 25.3 Å². The highest BCUT2D eigenvalue weighted by Crippen LogP contribution is 2.20. The van der Waals surface area contributed by atoms with Crippen LogP contribution in [0.25, 0.3) is 0 Å². The maximum Gasteiger partial charge on any atom is 0.253 e. The van der Waals surface area contributed by atoms with E-state index in [0.717, 1.165) is 5.56 Å². The number of carbonyl (C=O) groups is 1. The lowest BCUT2D eigenvalue weighted by atomic mass is 10.2. The van der Waals surface area contributed by atoms with Gasteiger partial charge in [0.2, 0.25) is 0 Å². The summed E-state index contributed by atoms with van der Waals surface area (Å²) in [4.78, 5) is 16.4. The first-order valence-corrected chi connectivity index (χ1v) is 4.47. The van der Waals surface area contributed by atoms with Gasteiger partial charge in [0.25, 0.3) is 5.91 Å². The molecule has 0 spiro atoms. The van der Waals surface area contributed by atoms with Gasteiger partial charge in [-0.05, 0) is 17.7 Å². The van der Waals surface area contributed by atoms with Crippen LogP contribution in [0.2, 0.25) is 0 Å². The minimum atomic E-state index is -0.0262. The summed E-state index contributed by atoms with van der Waals surface area (Å²) in [5.74, 6) is -0.0262. The fourth-order valence-electron chi connectivity index (χ4n) is 1.35. The number of amides is 1. The first-order chi connectivity index (χ1) is 6.81. The molecule has 74 valence electrons. The summed E-state index contributed by atoms with van der Waals surface area (Å²) >= 11 is 0. The Morgan fingerprint density at radius 3 is 2.57 bits per heavy atom. The zero-order valence-electron chi connectivity index (χ0n) is 7.64. The van der Waals surface area contributed by atoms with Crippen LogP contribution >= 0.6 is 0 Å². The summed E-state index contributed by atoms with van der Waals surface area (Å²) in [6.07, 6.45) is 0.432. The van der Waals surface area contributed by atoms with Gasteiger partial charge in [-0.15, -0.1) is 0 Å². The maximum absolute atomic E-state index is 11.3. The van der Waals surface area contributed by atoms with Crippen molar-refractivity contribution in [2.45, 2.75) is 13.0 Å². The zero-order chi connectivity index (χ0) is 9.97. The molecule has 4 nitrogen and oxygen atoms in total. The Balaban J connectivity index is 2.20. The van der Waals surface area contributed by atoms with E-state index >= 15 is 0 Å². The number of hydrogen-bond donors (Lipinski definition) is 1. The van der Waals surface area contributed by atoms with Crippen LogP contribution in [0.5, 0.6) is 0 Å². The number of hydrogen-bond acceptors (Lipinski definition) is 3. The number of aliphatic hydroxyl groups is 1. The van der Waals surface area contributed by atoms with Crippen LogP contribution in [0.3, 0.4) is 0 Å². The molecule has 0 radical (unpaired) electrons. The molecular weight excluding hydrogens is 182 g/mol. The Hall–Kier alpha value is -1.39. The highest BCUT2D eigenvalue weighted by atomic mass is 16.7. The molecule has 1 amide bonds. The van der Waals surface area contributed by atoms with Crippen molar-refractivity contribution >= 4 is 11.6 Å². The van der Waals surface area contributed by atoms with E-state index in [1.165, 1.54) is 5.06 Å². The highest BCUT2D eigenvalue weighted by Gasteiger charge is 2.22. The molecule has 0 aromatic heterocycles. The molecule has 1 N–H and O–H groups in total. The van der Waals surface area contributed by atoms with Gasteiger partial charge in [-0.1, -0.05) is 12.1 Å². The van der Waals surface area contributed by atoms with E-state index in [4.69, 9.17) is 9.94 Å². The van der Waals surface area contributed by atoms with E-state index in [0.29, 0.717) is 18.7 Å². The number of carbonyl (C=O) groups excluding carboxylic acids is 1. The van der Waals surface area contributed by atoms with Crippen molar-refractivity contribution in [3.05, 3.63) is 29.8 Å². The van der Waals surface area contributed by atoms with Crippen molar-refractivity contribution in [3.63, 3.8) is 0 Å². The smallest absolute Gasteiger partial charge is 0.253 e. The van der Waals surface area contributed by atoms with Crippen LogP contribution in [0.1, 0.15) is 12.0 Å². The van der Waals surface area contributed by atoms with Crippen LogP contribution in [0, 0.1) is 0 Å². The van der Waals surface area contributed by atoms with Gasteiger partial charge >= 0.3 is 0 Å². The summed E-state index contributed by atoms with van der Waals surface area (Å²) in [5.41, 5.74) is 1.53. The van der Waals surface area contributed by atoms with E-state index in [1.807, 2.05) is 0 Å². The second kappa shape index (κ2) is 3.77. The number of anilines is 1. The van der Waals surface area contributed by atoms with Gasteiger partial charge in [-0.3, -0.25) is 9.63 Å². The average molecular weight is 193 g/mol. The molecule has 0 aliphatic carbocycles. The predicted octanol–water partition coefficient (Wildman–Crippen LogP) is 0.847. The average Bonchev–Trinajstić information content (AvgIpc) is 2.65. The summed E-state index contributed by atoms with van der Waals surface area (Å²) in [5, 5.41) is 10.1. The van der Waals surface area contributed by atoms with Crippen molar-refractivity contribution in [2.24, 2.45) is 0 Å². The molecule has 1 aliphatic rings. The lowest BCUT2D eigenvalue weighted by molar-refractivity contribution is -0.119. The van der Waals surface area contributed by atoms with Crippen molar-refractivity contribution in [2.75, 3.05) is 11.7 Å². The second-order valence-electron chi connectivity index (χ2n) is 3.10. The van der Waals surface area contributed by atoms with E-state index in [9.17, 15) is 4.79 Å². The Morgan fingerprint density at radius 2 is 2.07 bits per heavy atom. The van der Waals surface area contributed by atoms with E-state index < -0.39 is 0 Å². The Bertz CT molecular complexity index is 334. The van der Waals surface area contributed by atoms with Crippen LogP contribution in [0.4, 0.5) is 5.69 Å². The van der Waals surface area contributed by atoms with Gasteiger partial charge in [-0.25, -0.2) is 0 Å². The minimum absolute atomic E-state index is 0.00901. The van der Waals surface area contributed by atoms with Gasteiger partial charge in [0, 0.05) is 0 Å². The summed E-state index contributed by atoms with van der Waals surface area (Å²) in [6, 6.07) is 7.05. The lowest BCUT2D eigenvalue weighted by Crippen LogP contribution is -2.22. The molecule has 1 fully saturated rings. The van der Waals surface area contributed by atoms with Crippen molar-refractivity contribution in [1.29, 1.82) is 0 Å². The first-order valence-electron chi connectivity index (χ1n) is 4.47. The van der Waals surface area contributed by atoms with Crippen molar-refractivity contribution in [3.8, 4) is 0 Å². The van der Waals surface area contributed by atoms with E-state index in [-0.39, 0.29) is 12.5 Å². The molecular formula is C10H11NO3.